The summed E-state index contributed by atoms with van der Waals surface area (Å²) in [6.07, 6.45) is 21.9. The van der Waals surface area contributed by atoms with Gasteiger partial charge in [0, 0.05) is 21.3 Å². The molecule has 0 amide bonds. The van der Waals surface area contributed by atoms with Crippen molar-refractivity contribution in [3.05, 3.63) is 35.9 Å². The molecule has 1 rings (SSSR count). The molecule has 0 aromatic heterocycles. The fourth-order valence-corrected chi connectivity index (χ4v) is 7.14. The van der Waals surface area contributed by atoms with Crippen LogP contribution < -0.4 is 0 Å². The van der Waals surface area contributed by atoms with E-state index in [4.69, 9.17) is 13.3 Å². The Kier molecular flexibility index (Phi) is 17.2. The van der Waals surface area contributed by atoms with Crippen molar-refractivity contribution >= 4 is 8.80 Å². The van der Waals surface area contributed by atoms with E-state index in [1.807, 2.05) is 0 Å². The van der Waals surface area contributed by atoms with E-state index < -0.39 is 8.80 Å². The third kappa shape index (κ3) is 11.7. The second-order valence-electron chi connectivity index (χ2n) is 8.92. The van der Waals surface area contributed by atoms with E-state index in [0.717, 1.165) is 6.42 Å². The molecule has 1 aromatic carbocycles. The van der Waals surface area contributed by atoms with Crippen LogP contribution in [0.2, 0.25) is 0 Å². The minimum atomic E-state index is -2.69. The summed E-state index contributed by atoms with van der Waals surface area (Å²) in [7, 11) is 2.48. The van der Waals surface area contributed by atoms with Gasteiger partial charge in [-0.25, -0.2) is 0 Å². The highest BCUT2D eigenvalue weighted by Gasteiger charge is 2.47. The minimum absolute atomic E-state index is 0.204. The molecule has 0 saturated carbocycles. The van der Waals surface area contributed by atoms with Crippen LogP contribution in [0.15, 0.2) is 30.3 Å². The predicted molar refractivity (Wildman–Crippen MR) is 136 cm³/mol. The fraction of sp³-hybridized carbons (Fsp3) is 0.778. The SMILES string of the molecule is CCCCCCCCCCCCCCCCCC(c1ccccc1)[Si](OC)(OC)OC. The van der Waals surface area contributed by atoms with Crippen molar-refractivity contribution < 1.29 is 13.3 Å². The van der Waals surface area contributed by atoms with Gasteiger partial charge in [0.1, 0.15) is 0 Å². The third-order valence-corrected chi connectivity index (χ3v) is 9.76. The van der Waals surface area contributed by atoms with Crippen LogP contribution in [-0.4, -0.2) is 30.1 Å². The molecule has 0 spiro atoms. The Bertz CT molecular complexity index is 496. The maximum atomic E-state index is 5.82. The molecule has 0 radical (unpaired) electrons. The summed E-state index contributed by atoms with van der Waals surface area (Å²) in [5.41, 5.74) is 1.47. The van der Waals surface area contributed by atoms with Crippen molar-refractivity contribution in [3.63, 3.8) is 0 Å². The largest absolute Gasteiger partial charge is 0.508 e. The zero-order valence-electron chi connectivity index (χ0n) is 21.0. The van der Waals surface area contributed by atoms with E-state index in [9.17, 15) is 0 Å². The standard InChI is InChI=1S/C27H50O3Si/c1-5-6-7-8-9-10-11-12-13-14-15-16-17-18-22-25-27(26-23-20-19-21-24-26)31(28-2,29-3)30-4/h19-21,23-24,27H,5-18,22,25H2,1-4H3. The number of hydrogen-bond donors (Lipinski definition) is 0. The van der Waals surface area contributed by atoms with Crippen LogP contribution in [0.1, 0.15) is 121 Å². The minimum Gasteiger partial charge on any atom is -0.376 e. The summed E-state index contributed by atoms with van der Waals surface area (Å²) in [4.78, 5) is 0. The van der Waals surface area contributed by atoms with Gasteiger partial charge >= 0.3 is 8.80 Å². The van der Waals surface area contributed by atoms with E-state index >= 15 is 0 Å². The van der Waals surface area contributed by atoms with Gasteiger partial charge in [-0.05, 0) is 12.0 Å². The molecular weight excluding hydrogens is 400 g/mol. The van der Waals surface area contributed by atoms with Crippen molar-refractivity contribution in [1.82, 2.24) is 0 Å². The zero-order chi connectivity index (χ0) is 22.6. The fourth-order valence-electron chi connectivity index (χ4n) is 4.63. The Hall–Kier alpha value is -0.683. The topological polar surface area (TPSA) is 27.7 Å². The molecule has 0 bridgehead atoms. The van der Waals surface area contributed by atoms with E-state index in [0.29, 0.717) is 0 Å². The van der Waals surface area contributed by atoms with E-state index in [-0.39, 0.29) is 5.54 Å². The lowest BCUT2D eigenvalue weighted by atomic mass is 10.0. The first-order valence-electron chi connectivity index (χ1n) is 12.9. The molecule has 31 heavy (non-hydrogen) atoms. The summed E-state index contributed by atoms with van der Waals surface area (Å²) in [6, 6.07) is 10.6. The Morgan fingerprint density at radius 2 is 0.968 bits per heavy atom. The molecule has 0 saturated heterocycles. The van der Waals surface area contributed by atoms with Gasteiger partial charge < -0.3 is 13.3 Å². The average molecular weight is 451 g/mol. The summed E-state index contributed by atoms with van der Waals surface area (Å²) in [5, 5.41) is 0. The molecule has 1 aromatic rings. The van der Waals surface area contributed by atoms with E-state index in [2.05, 4.69) is 37.3 Å². The van der Waals surface area contributed by atoms with Crippen molar-refractivity contribution in [2.24, 2.45) is 0 Å². The van der Waals surface area contributed by atoms with Gasteiger partial charge in [0.15, 0.2) is 0 Å². The van der Waals surface area contributed by atoms with Gasteiger partial charge in [-0.2, -0.15) is 0 Å². The summed E-state index contributed by atoms with van der Waals surface area (Å²) in [6.45, 7) is 2.29. The highest BCUT2D eigenvalue weighted by Crippen LogP contribution is 2.33. The normalized spacial score (nSPS) is 12.9. The molecule has 0 fully saturated rings. The monoisotopic (exact) mass is 450 g/mol. The first-order valence-corrected chi connectivity index (χ1v) is 14.7. The van der Waals surface area contributed by atoms with Gasteiger partial charge in [-0.15, -0.1) is 0 Å². The van der Waals surface area contributed by atoms with Gasteiger partial charge in [0.25, 0.3) is 0 Å². The lowest BCUT2D eigenvalue weighted by Gasteiger charge is -2.33. The van der Waals surface area contributed by atoms with Crippen molar-refractivity contribution in [2.75, 3.05) is 21.3 Å². The van der Waals surface area contributed by atoms with Crippen molar-refractivity contribution in [2.45, 2.75) is 115 Å². The molecule has 3 nitrogen and oxygen atoms in total. The maximum Gasteiger partial charge on any atom is 0.508 e. The van der Waals surface area contributed by atoms with Crippen molar-refractivity contribution in [3.8, 4) is 0 Å². The average Bonchev–Trinajstić information content (AvgIpc) is 2.82. The van der Waals surface area contributed by atoms with Crippen LogP contribution in [0.3, 0.4) is 0 Å². The Morgan fingerprint density at radius 3 is 1.35 bits per heavy atom. The molecule has 4 heteroatoms. The Morgan fingerprint density at radius 1 is 0.581 bits per heavy atom. The Balaban J connectivity index is 2.15. The van der Waals surface area contributed by atoms with Gasteiger partial charge in [-0.1, -0.05) is 134 Å². The molecule has 0 aliphatic carbocycles. The lowest BCUT2D eigenvalue weighted by molar-refractivity contribution is 0.110. The zero-order valence-corrected chi connectivity index (χ0v) is 22.0. The quantitative estimate of drug-likeness (QED) is 0.139. The van der Waals surface area contributed by atoms with E-state index in [1.165, 1.54) is 102 Å². The first kappa shape index (κ1) is 28.3. The second-order valence-corrected chi connectivity index (χ2v) is 12.0. The maximum absolute atomic E-state index is 5.82. The molecule has 0 N–H and O–H groups in total. The lowest BCUT2D eigenvalue weighted by Crippen LogP contribution is -2.49. The second kappa shape index (κ2) is 18.8. The highest BCUT2D eigenvalue weighted by atomic mass is 28.4. The van der Waals surface area contributed by atoms with Crippen LogP contribution in [-0.2, 0) is 13.3 Å². The van der Waals surface area contributed by atoms with Crippen LogP contribution in [0.5, 0.6) is 0 Å². The Labute approximate surface area is 194 Å². The molecular formula is C27H50O3Si. The number of unbranched alkanes of at least 4 members (excludes halogenated alkanes) is 14. The molecule has 0 aliphatic heterocycles. The predicted octanol–water partition coefficient (Wildman–Crippen LogP) is 8.45. The molecule has 1 unspecified atom stereocenters. The summed E-state index contributed by atoms with van der Waals surface area (Å²) >= 11 is 0. The highest BCUT2D eigenvalue weighted by molar-refractivity contribution is 6.62. The molecule has 180 valence electrons. The van der Waals surface area contributed by atoms with Gasteiger partial charge in [-0.3, -0.25) is 0 Å². The molecule has 0 aliphatic rings. The van der Waals surface area contributed by atoms with Crippen LogP contribution in [0, 0.1) is 0 Å². The number of hydrogen-bond acceptors (Lipinski definition) is 3. The van der Waals surface area contributed by atoms with E-state index in [1.54, 1.807) is 21.3 Å². The summed E-state index contributed by atoms with van der Waals surface area (Å²) < 4.78 is 17.5. The third-order valence-electron chi connectivity index (χ3n) is 6.58. The first-order chi connectivity index (χ1) is 15.2. The van der Waals surface area contributed by atoms with Crippen LogP contribution in [0.4, 0.5) is 0 Å². The van der Waals surface area contributed by atoms with Crippen LogP contribution in [0.25, 0.3) is 0 Å². The molecule has 0 heterocycles. The molecule has 1 atom stereocenters. The van der Waals surface area contributed by atoms with Crippen LogP contribution >= 0.6 is 0 Å². The number of rotatable bonds is 21. The summed E-state index contributed by atoms with van der Waals surface area (Å²) in [5.74, 6) is 0. The number of benzene rings is 1. The van der Waals surface area contributed by atoms with Crippen molar-refractivity contribution in [1.29, 1.82) is 0 Å². The van der Waals surface area contributed by atoms with Gasteiger partial charge in [0.05, 0.1) is 5.54 Å². The smallest absolute Gasteiger partial charge is 0.376 e. The van der Waals surface area contributed by atoms with Gasteiger partial charge in [0.2, 0.25) is 0 Å².